The maximum Gasteiger partial charge on any atom is 0.123 e. The van der Waals surface area contributed by atoms with Crippen molar-refractivity contribution < 1.29 is 4.39 Å². The summed E-state index contributed by atoms with van der Waals surface area (Å²) in [6, 6.07) is 12.2. The van der Waals surface area contributed by atoms with Crippen LogP contribution in [0.3, 0.4) is 0 Å². The smallest absolute Gasteiger partial charge is 0.123 e. The van der Waals surface area contributed by atoms with Gasteiger partial charge in [0.25, 0.3) is 0 Å². The second-order valence-electron chi connectivity index (χ2n) is 5.63. The van der Waals surface area contributed by atoms with E-state index in [0.717, 1.165) is 22.6 Å². The van der Waals surface area contributed by atoms with Gasteiger partial charge in [-0.05, 0) is 35.9 Å². The van der Waals surface area contributed by atoms with E-state index >= 15 is 0 Å². The predicted octanol–water partition coefficient (Wildman–Crippen LogP) is 5.14. The second-order valence-corrected chi connectivity index (χ2v) is 6.07. The molecule has 0 saturated heterocycles. The van der Waals surface area contributed by atoms with Crippen molar-refractivity contribution >= 4 is 28.7 Å². The van der Waals surface area contributed by atoms with Gasteiger partial charge in [-0.3, -0.25) is 0 Å². The molecular weight excluding hydrogens is 311 g/mol. The SMILES string of the molecule is Fc1ccc(C2=Nc3cc(Cl)ccc3NC3C=CC=CC23)cc1. The van der Waals surface area contributed by atoms with Gasteiger partial charge in [0.1, 0.15) is 5.82 Å². The van der Waals surface area contributed by atoms with Gasteiger partial charge in [-0.1, -0.05) is 48.0 Å². The van der Waals surface area contributed by atoms with Crippen LogP contribution >= 0.6 is 11.6 Å². The molecule has 0 aromatic heterocycles. The molecule has 2 aromatic carbocycles. The van der Waals surface area contributed by atoms with Crippen molar-refractivity contribution in [3.63, 3.8) is 0 Å². The van der Waals surface area contributed by atoms with Gasteiger partial charge in [0.2, 0.25) is 0 Å². The van der Waals surface area contributed by atoms with E-state index in [4.69, 9.17) is 16.6 Å². The van der Waals surface area contributed by atoms with Crippen LogP contribution in [0.1, 0.15) is 5.56 Å². The third kappa shape index (κ3) is 2.68. The van der Waals surface area contributed by atoms with E-state index < -0.39 is 0 Å². The van der Waals surface area contributed by atoms with Crippen molar-refractivity contribution in [3.05, 3.63) is 83.2 Å². The van der Waals surface area contributed by atoms with Crippen molar-refractivity contribution in [1.29, 1.82) is 0 Å². The third-order valence-electron chi connectivity index (χ3n) is 4.11. The highest BCUT2D eigenvalue weighted by Gasteiger charge is 2.28. The van der Waals surface area contributed by atoms with Crippen LogP contribution in [-0.4, -0.2) is 11.8 Å². The molecule has 0 fully saturated rings. The quantitative estimate of drug-likeness (QED) is 0.772. The number of halogens is 2. The molecular formula is C19H14ClFN2. The molecule has 2 atom stereocenters. The second kappa shape index (κ2) is 5.67. The first-order chi connectivity index (χ1) is 11.2. The molecule has 0 amide bonds. The number of benzene rings is 2. The molecule has 2 aromatic rings. The maximum atomic E-state index is 13.3. The maximum absolute atomic E-state index is 13.3. The molecule has 2 nitrogen and oxygen atoms in total. The molecule has 114 valence electrons. The Morgan fingerprint density at radius 3 is 2.61 bits per heavy atom. The van der Waals surface area contributed by atoms with Gasteiger partial charge in [-0.15, -0.1) is 0 Å². The predicted molar refractivity (Wildman–Crippen MR) is 93.2 cm³/mol. The minimum atomic E-state index is -0.250. The summed E-state index contributed by atoms with van der Waals surface area (Å²) < 4.78 is 13.3. The van der Waals surface area contributed by atoms with Crippen molar-refractivity contribution in [1.82, 2.24) is 0 Å². The Labute approximate surface area is 139 Å². The summed E-state index contributed by atoms with van der Waals surface area (Å²) >= 11 is 6.12. The summed E-state index contributed by atoms with van der Waals surface area (Å²) in [6.45, 7) is 0. The van der Waals surface area contributed by atoms with Gasteiger partial charge in [0, 0.05) is 10.9 Å². The van der Waals surface area contributed by atoms with Gasteiger partial charge >= 0.3 is 0 Å². The number of hydrogen-bond acceptors (Lipinski definition) is 2. The van der Waals surface area contributed by atoms with E-state index in [-0.39, 0.29) is 17.8 Å². The Hall–Kier alpha value is -2.39. The summed E-state index contributed by atoms with van der Waals surface area (Å²) in [4.78, 5) is 4.85. The normalized spacial score (nSPS) is 21.7. The molecule has 2 unspecified atom stereocenters. The molecule has 0 spiro atoms. The molecule has 4 rings (SSSR count). The topological polar surface area (TPSA) is 24.4 Å². The highest BCUT2D eigenvalue weighted by molar-refractivity contribution is 6.31. The molecule has 4 heteroatoms. The molecule has 23 heavy (non-hydrogen) atoms. The Balaban J connectivity index is 1.89. The number of fused-ring (bicyclic) bond motifs is 2. The van der Waals surface area contributed by atoms with E-state index in [1.54, 1.807) is 12.1 Å². The molecule has 0 bridgehead atoms. The van der Waals surface area contributed by atoms with Crippen LogP contribution in [0, 0.1) is 11.7 Å². The zero-order chi connectivity index (χ0) is 15.8. The molecule has 1 heterocycles. The summed E-state index contributed by atoms with van der Waals surface area (Å²) in [7, 11) is 0. The average Bonchev–Trinajstić information content (AvgIpc) is 2.72. The monoisotopic (exact) mass is 324 g/mol. The van der Waals surface area contributed by atoms with Crippen LogP contribution in [0.15, 0.2) is 71.8 Å². The molecule has 0 saturated carbocycles. The Bertz CT molecular complexity index is 837. The third-order valence-corrected chi connectivity index (χ3v) is 4.35. The first-order valence-electron chi connectivity index (χ1n) is 7.46. The Kier molecular flexibility index (Phi) is 3.50. The lowest BCUT2D eigenvalue weighted by atomic mass is 9.87. The van der Waals surface area contributed by atoms with Gasteiger partial charge in [-0.2, -0.15) is 0 Å². The largest absolute Gasteiger partial charge is 0.376 e. The molecule has 1 N–H and O–H groups in total. The summed E-state index contributed by atoms with van der Waals surface area (Å²) in [6.07, 6.45) is 8.28. The number of nitrogens with zero attached hydrogens (tertiary/aromatic N) is 1. The Morgan fingerprint density at radius 1 is 1.00 bits per heavy atom. The summed E-state index contributed by atoms with van der Waals surface area (Å²) in [5, 5.41) is 4.16. The fraction of sp³-hybridized carbons (Fsp3) is 0.105. The Morgan fingerprint density at radius 2 is 1.78 bits per heavy atom. The zero-order valence-electron chi connectivity index (χ0n) is 12.2. The van der Waals surface area contributed by atoms with E-state index in [9.17, 15) is 4.39 Å². The number of rotatable bonds is 1. The minimum Gasteiger partial charge on any atom is -0.376 e. The standard InChI is InChI=1S/C19H14ClFN2/c20-13-7-10-17-18(11-13)23-19(12-5-8-14(21)9-6-12)15-3-1-2-4-16(15)22-17/h1-11,15-16,22H. The van der Waals surface area contributed by atoms with Gasteiger partial charge in [0.05, 0.1) is 23.1 Å². The summed E-state index contributed by atoms with van der Waals surface area (Å²) in [5.41, 5.74) is 3.56. The zero-order valence-corrected chi connectivity index (χ0v) is 13.0. The van der Waals surface area contributed by atoms with Crippen molar-refractivity contribution in [3.8, 4) is 0 Å². The van der Waals surface area contributed by atoms with Gasteiger partial charge in [0.15, 0.2) is 0 Å². The van der Waals surface area contributed by atoms with E-state index in [0.29, 0.717) is 5.02 Å². The van der Waals surface area contributed by atoms with Crippen molar-refractivity contribution in [2.24, 2.45) is 10.9 Å². The first-order valence-corrected chi connectivity index (χ1v) is 7.84. The lowest BCUT2D eigenvalue weighted by Crippen LogP contribution is -2.32. The summed E-state index contributed by atoms with van der Waals surface area (Å²) in [5.74, 6) is -0.170. The van der Waals surface area contributed by atoms with Gasteiger partial charge < -0.3 is 5.32 Å². The highest BCUT2D eigenvalue weighted by atomic mass is 35.5. The fourth-order valence-electron chi connectivity index (χ4n) is 2.99. The van der Waals surface area contributed by atoms with Crippen LogP contribution < -0.4 is 5.32 Å². The fourth-order valence-corrected chi connectivity index (χ4v) is 3.15. The number of anilines is 1. The van der Waals surface area contributed by atoms with E-state index in [2.05, 4.69) is 17.5 Å². The van der Waals surface area contributed by atoms with Crippen molar-refractivity contribution in [2.75, 3.05) is 5.32 Å². The molecule has 2 aliphatic rings. The van der Waals surface area contributed by atoms with E-state index in [1.165, 1.54) is 12.1 Å². The number of allylic oxidation sites excluding steroid dienone is 2. The number of nitrogens with one attached hydrogen (secondary N) is 1. The van der Waals surface area contributed by atoms with Crippen LogP contribution in [-0.2, 0) is 0 Å². The highest BCUT2D eigenvalue weighted by Crippen LogP contribution is 2.36. The lowest BCUT2D eigenvalue weighted by Gasteiger charge is -2.25. The van der Waals surface area contributed by atoms with Crippen LogP contribution in [0.4, 0.5) is 15.8 Å². The number of hydrogen-bond donors (Lipinski definition) is 1. The number of aliphatic imine (C=N–C) groups is 1. The first kappa shape index (κ1) is 14.2. The van der Waals surface area contributed by atoms with Crippen molar-refractivity contribution in [2.45, 2.75) is 6.04 Å². The molecule has 0 radical (unpaired) electrons. The van der Waals surface area contributed by atoms with Gasteiger partial charge in [-0.25, -0.2) is 9.38 Å². The average molecular weight is 325 g/mol. The molecule has 1 aliphatic carbocycles. The van der Waals surface area contributed by atoms with E-state index in [1.807, 2.05) is 30.4 Å². The molecule has 1 aliphatic heterocycles. The van der Waals surface area contributed by atoms with Crippen LogP contribution in [0.5, 0.6) is 0 Å². The van der Waals surface area contributed by atoms with Crippen LogP contribution in [0.2, 0.25) is 5.02 Å². The lowest BCUT2D eigenvalue weighted by molar-refractivity contribution is 0.627. The van der Waals surface area contributed by atoms with Crippen LogP contribution in [0.25, 0.3) is 0 Å². The minimum absolute atomic E-state index is 0.0802.